The average Bonchev–Trinajstić information content (AvgIpc) is 1.90. The zero-order chi connectivity index (χ0) is 7.28. The van der Waals surface area contributed by atoms with Crippen LogP contribution < -0.4 is 0 Å². The molecule has 0 N–H and O–H groups in total. The van der Waals surface area contributed by atoms with Gasteiger partial charge in [-0.2, -0.15) is 5.26 Å². The van der Waals surface area contributed by atoms with E-state index in [4.69, 9.17) is 5.26 Å². The van der Waals surface area contributed by atoms with E-state index < -0.39 is 0 Å². The summed E-state index contributed by atoms with van der Waals surface area (Å²) in [5.41, 5.74) is 0. The Kier molecular flexibility index (Phi) is 3.14. The van der Waals surface area contributed by atoms with Crippen LogP contribution in [0.5, 0.6) is 0 Å². The van der Waals surface area contributed by atoms with Crippen LogP contribution in [0.15, 0.2) is 12.7 Å². The van der Waals surface area contributed by atoms with Gasteiger partial charge >= 0.3 is 0 Å². The molecule has 0 aliphatic rings. The number of nitriles is 1. The molecule has 1 amide bonds. The maximum atomic E-state index is 10.6. The van der Waals surface area contributed by atoms with Gasteiger partial charge in [0, 0.05) is 6.54 Å². The molecule has 0 unspecified atom stereocenters. The van der Waals surface area contributed by atoms with E-state index in [-0.39, 0.29) is 5.91 Å². The minimum Gasteiger partial charge on any atom is -0.269 e. The second kappa shape index (κ2) is 3.67. The lowest BCUT2D eigenvalue weighted by atomic mass is 10.5. The number of rotatable bonds is 2. The minimum atomic E-state index is -0.347. The molecule has 0 bridgehead atoms. The Morgan fingerprint density at radius 2 is 2.56 bits per heavy atom. The Balaban J connectivity index is 3.99. The van der Waals surface area contributed by atoms with E-state index in [1.54, 1.807) is 13.1 Å². The molecule has 9 heavy (non-hydrogen) atoms. The van der Waals surface area contributed by atoms with Crippen molar-refractivity contribution < 1.29 is 4.79 Å². The summed E-state index contributed by atoms with van der Waals surface area (Å²) in [6.45, 7) is 5.37. The molecule has 0 rings (SSSR count). The fourth-order valence-corrected chi connectivity index (χ4v) is 0.386. The maximum Gasteiger partial charge on any atom is 0.258 e. The van der Waals surface area contributed by atoms with Gasteiger partial charge < -0.3 is 0 Å². The molecule has 3 heteroatoms. The Labute approximate surface area is 54.2 Å². The van der Waals surface area contributed by atoms with Crippen LogP contribution >= 0.6 is 0 Å². The molecule has 0 aromatic carbocycles. The third kappa shape index (κ3) is 1.96. The summed E-state index contributed by atoms with van der Waals surface area (Å²) < 4.78 is 0. The van der Waals surface area contributed by atoms with Gasteiger partial charge in [-0.1, -0.05) is 6.58 Å². The largest absolute Gasteiger partial charge is 0.269 e. The number of hydrogen-bond donors (Lipinski definition) is 0. The Hall–Kier alpha value is -1.30. The summed E-state index contributed by atoms with van der Waals surface area (Å²) in [7, 11) is 0. The Bertz CT molecular complexity index is 157. The topological polar surface area (TPSA) is 44.1 Å². The Morgan fingerprint density at radius 3 is 2.67 bits per heavy atom. The van der Waals surface area contributed by atoms with Crippen molar-refractivity contribution in [2.24, 2.45) is 0 Å². The molecule has 3 nitrogen and oxygen atoms in total. The molecule has 48 valence electrons. The highest BCUT2D eigenvalue weighted by atomic mass is 16.2. The number of carbonyl (C=O) groups is 1. The zero-order valence-electron chi connectivity index (χ0n) is 5.29. The van der Waals surface area contributed by atoms with E-state index in [9.17, 15) is 4.79 Å². The number of likely N-dealkylation sites (N-methyl/N-ethyl adjacent to an activating group) is 1. The molecule has 0 radical (unpaired) electrons. The number of hydrogen-bond acceptors (Lipinski definition) is 2. The predicted molar refractivity (Wildman–Crippen MR) is 33.2 cm³/mol. The van der Waals surface area contributed by atoms with Crippen molar-refractivity contribution in [1.29, 1.82) is 5.26 Å². The van der Waals surface area contributed by atoms with E-state index in [0.29, 0.717) is 6.54 Å². The normalized spacial score (nSPS) is 7.56. The van der Waals surface area contributed by atoms with Crippen LogP contribution in [0.3, 0.4) is 0 Å². The van der Waals surface area contributed by atoms with Gasteiger partial charge in [0.15, 0.2) is 6.19 Å². The van der Waals surface area contributed by atoms with Gasteiger partial charge in [-0.25, -0.2) is 4.90 Å². The first-order valence-electron chi connectivity index (χ1n) is 2.60. The lowest BCUT2D eigenvalue weighted by Crippen LogP contribution is -2.23. The minimum absolute atomic E-state index is 0.347. The number of carbonyl (C=O) groups excluding carboxylic acids is 1. The highest BCUT2D eigenvalue weighted by molar-refractivity contribution is 5.88. The molecule has 0 saturated heterocycles. The predicted octanol–water partition coefficient (Wildman–Crippen LogP) is 0.502. The quantitative estimate of drug-likeness (QED) is 0.305. The molecule has 0 heterocycles. The van der Waals surface area contributed by atoms with E-state index in [1.165, 1.54) is 0 Å². The van der Waals surface area contributed by atoms with E-state index in [1.807, 2.05) is 0 Å². The second-order valence-corrected chi connectivity index (χ2v) is 1.39. The smallest absolute Gasteiger partial charge is 0.258 e. The summed E-state index contributed by atoms with van der Waals surface area (Å²) in [6, 6.07) is 0. The standard InChI is InChI=1S/C6H8N2O/c1-3-6(9)8(4-2)5-7/h3H,1,4H2,2H3. The van der Waals surface area contributed by atoms with Crippen molar-refractivity contribution in [2.75, 3.05) is 6.54 Å². The molecular formula is C6H8N2O. The third-order valence-corrected chi connectivity index (χ3v) is 0.878. The fourth-order valence-electron chi connectivity index (χ4n) is 0.386. The molecule has 0 fully saturated rings. The van der Waals surface area contributed by atoms with Crippen LogP contribution in [0, 0.1) is 11.5 Å². The van der Waals surface area contributed by atoms with Gasteiger partial charge in [0.05, 0.1) is 0 Å². The molecule has 0 spiro atoms. The summed E-state index contributed by atoms with van der Waals surface area (Å²) in [5, 5.41) is 8.23. The van der Waals surface area contributed by atoms with Gasteiger partial charge in [0.25, 0.3) is 5.91 Å². The second-order valence-electron chi connectivity index (χ2n) is 1.39. The van der Waals surface area contributed by atoms with Gasteiger partial charge in [0.1, 0.15) is 0 Å². The van der Waals surface area contributed by atoms with Crippen LogP contribution in [0.4, 0.5) is 0 Å². The monoisotopic (exact) mass is 124 g/mol. The molecule has 0 aliphatic heterocycles. The summed E-state index contributed by atoms with van der Waals surface area (Å²) in [6.07, 6.45) is 2.83. The van der Waals surface area contributed by atoms with Crippen molar-refractivity contribution in [3.63, 3.8) is 0 Å². The van der Waals surface area contributed by atoms with Crippen LogP contribution in [0.25, 0.3) is 0 Å². The van der Waals surface area contributed by atoms with Crippen LogP contribution in [-0.4, -0.2) is 17.4 Å². The molecular weight excluding hydrogens is 116 g/mol. The first-order chi connectivity index (χ1) is 4.26. The maximum absolute atomic E-state index is 10.6. The summed E-state index contributed by atoms with van der Waals surface area (Å²) >= 11 is 0. The van der Waals surface area contributed by atoms with Gasteiger partial charge in [-0.3, -0.25) is 4.79 Å². The third-order valence-electron chi connectivity index (χ3n) is 0.878. The van der Waals surface area contributed by atoms with Crippen molar-refractivity contribution >= 4 is 5.91 Å². The first-order valence-corrected chi connectivity index (χ1v) is 2.60. The molecule has 0 aromatic heterocycles. The first kappa shape index (κ1) is 7.70. The van der Waals surface area contributed by atoms with E-state index in [2.05, 4.69) is 6.58 Å². The van der Waals surface area contributed by atoms with E-state index >= 15 is 0 Å². The highest BCUT2D eigenvalue weighted by Gasteiger charge is 2.03. The number of nitrogens with zero attached hydrogens (tertiary/aromatic N) is 2. The zero-order valence-corrected chi connectivity index (χ0v) is 5.29. The SMILES string of the molecule is C=CC(=O)N(C#N)CC. The van der Waals surface area contributed by atoms with Crippen molar-refractivity contribution in [3.05, 3.63) is 12.7 Å². The average molecular weight is 124 g/mol. The highest BCUT2D eigenvalue weighted by Crippen LogP contribution is 1.85. The Morgan fingerprint density at radius 1 is 2.00 bits per heavy atom. The lowest BCUT2D eigenvalue weighted by Gasteiger charge is -2.05. The van der Waals surface area contributed by atoms with Crippen LogP contribution in [0.1, 0.15) is 6.92 Å². The molecule has 0 atom stereocenters. The van der Waals surface area contributed by atoms with Gasteiger partial charge in [-0.15, -0.1) is 0 Å². The lowest BCUT2D eigenvalue weighted by molar-refractivity contribution is -0.122. The van der Waals surface area contributed by atoms with E-state index in [0.717, 1.165) is 11.0 Å². The van der Waals surface area contributed by atoms with Crippen LogP contribution in [-0.2, 0) is 4.79 Å². The number of amides is 1. The fraction of sp³-hybridized carbons (Fsp3) is 0.333. The molecule has 0 aromatic rings. The summed E-state index contributed by atoms with van der Waals surface area (Å²) in [5.74, 6) is -0.347. The van der Waals surface area contributed by atoms with Crippen molar-refractivity contribution in [1.82, 2.24) is 4.90 Å². The summed E-state index contributed by atoms with van der Waals surface area (Å²) in [4.78, 5) is 11.6. The van der Waals surface area contributed by atoms with Crippen LogP contribution in [0.2, 0.25) is 0 Å². The molecule has 0 saturated carbocycles. The van der Waals surface area contributed by atoms with Crippen molar-refractivity contribution in [2.45, 2.75) is 6.92 Å². The van der Waals surface area contributed by atoms with Crippen molar-refractivity contribution in [3.8, 4) is 6.19 Å². The molecule has 0 aliphatic carbocycles. The van der Waals surface area contributed by atoms with Gasteiger partial charge in [0.2, 0.25) is 0 Å². The van der Waals surface area contributed by atoms with Gasteiger partial charge in [-0.05, 0) is 13.0 Å².